The smallest absolute Gasteiger partial charge is 0.326 e. The number of amides is 2. The van der Waals surface area contributed by atoms with Crippen LogP contribution in [-0.2, 0) is 19.1 Å². The molecular weight excluding hydrogens is 248 g/mol. The summed E-state index contributed by atoms with van der Waals surface area (Å²) in [5, 5.41) is 19.1. The number of methoxy groups -OCH3 is 1. The maximum absolute atomic E-state index is 11.4. The van der Waals surface area contributed by atoms with Crippen LogP contribution in [0.2, 0.25) is 0 Å². The van der Waals surface area contributed by atoms with E-state index in [4.69, 9.17) is 10.2 Å². The Kier molecular flexibility index (Phi) is 6.18. The number of hydrogen-bond acceptors (Lipinski definition) is 5. The highest BCUT2D eigenvalue weighted by molar-refractivity contribution is 5.87. The van der Waals surface area contributed by atoms with E-state index in [1.165, 1.54) is 7.05 Å². The van der Waals surface area contributed by atoms with Crippen molar-refractivity contribution in [2.75, 3.05) is 20.7 Å². The average Bonchev–Trinajstić information content (AvgIpc) is 2.26. The summed E-state index contributed by atoms with van der Waals surface area (Å²) in [4.78, 5) is 44.3. The van der Waals surface area contributed by atoms with Gasteiger partial charge in [0.25, 0.3) is 0 Å². The van der Waals surface area contributed by atoms with Crippen LogP contribution in [0.5, 0.6) is 0 Å². The molecule has 0 aliphatic heterocycles. The van der Waals surface area contributed by atoms with Crippen molar-refractivity contribution in [1.29, 1.82) is 0 Å². The number of nitrogens with zero attached hydrogens (tertiary/aromatic N) is 1. The number of urea groups is 1. The molecule has 0 aromatic carbocycles. The Morgan fingerprint density at radius 1 is 1.28 bits per heavy atom. The van der Waals surface area contributed by atoms with Crippen molar-refractivity contribution in [3.8, 4) is 0 Å². The molecule has 18 heavy (non-hydrogen) atoms. The Morgan fingerprint density at radius 3 is 2.22 bits per heavy atom. The summed E-state index contributed by atoms with van der Waals surface area (Å²) in [5.41, 5.74) is 0. The molecule has 0 aliphatic rings. The van der Waals surface area contributed by atoms with E-state index in [1.807, 2.05) is 5.32 Å². The highest BCUT2D eigenvalue weighted by Gasteiger charge is 2.25. The van der Waals surface area contributed by atoms with Gasteiger partial charge in [-0.3, -0.25) is 9.59 Å². The molecule has 0 aromatic rings. The molecule has 0 saturated heterocycles. The van der Waals surface area contributed by atoms with Crippen LogP contribution in [0.15, 0.2) is 0 Å². The van der Waals surface area contributed by atoms with Crippen LogP contribution in [0, 0.1) is 0 Å². The fourth-order valence-electron chi connectivity index (χ4n) is 0.964. The maximum atomic E-state index is 11.4. The van der Waals surface area contributed by atoms with Crippen LogP contribution in [0.1, 0.15) is 6.42 Å². The van der Waals surface area contributed by atoms with E-state index in [-0.39, 0.29) is 6.54 Å². The average molecular weight is 262 g/mol. The molecule has 9 heteroatoms. The lowest BCUT2D eigenvalue weighted by atomic mass is 10.2. The second kappa shape index (κ2) is 7.09. The first-order valence-corrected chi connectivity index (χ1v) is 4.81. The Hall–Kier alpha value is -2.32. The van der Waals surface area contributed by atoms with Crippen molar-refractivity contribution in [2.24, 2.45) is 0 Å². The Balaban J connectivity index is 4.45. The normalized spacial score (nSPS) is 11.2. The predicted molar refractivity (Wildman–Crippen MR) is 56.9 cm³/mol. The molecule has 1 atom stereocenters. The minimum absolute atomic E-state index is 0.373. The number of carbonyl (C=O) groups is 4. The molecule has 0 heterocycles. The van der Waals surface area contributed by atoms with Crippen molar-refractivity contribution in [3.05, 3.63) is 0 Å². The summed E-state index contributed by atoms with van der Waals surface area (Å²) in [6.45, 7) is -0.373. The zero-order valence-corrected chi connectivity index (χ0v) is 9.87. The van der Waals surface area contributed by atoms with Gasteiger partial charge in [0.15, 0.2) is 0 Å². The Bertz CT molecular complexity index is 355. The maximum Gasteiger partial charge on any atom is 0.326 e. The van der Waals surface area contributed by atoms with E-state index >= 15 is 0 Å². The van der Waals surface area contributed by atoms with Gasteiger partial charge in [-0.25, -0.2) is 9.59 Å². The number of nitrogens with one attached hydrogen (secondary N) is 1. The largest absolute Gasteiger partial charge is 0.481 e. The number of hydrogen-bond donors (Lipinski definition) is 3. The molecule has 0 spiro atoms. The first kappa shape index (κ1) is 15.7. The van der Waals surface area contributed by atoms with E-state index in [2.05, 4.69) is 4.74 Å². The van der Waals surface area contributed by atoms with Gasteiger partial charge in [0.1, 0.15) is 12.6 Å². The predicted octanol–water partition coefficient (Wildman–Crippen LogP) is -1.27. The molecule has 0 fully saturated rings. The summed E-state index contributed by atoms with van der Waals surface area (Å²) in [6, 6.07) is -2.44. The molecule has 0 saturated carbocycles. The van der Waals surface area contributed by atoms with E-state index in [0.717, 1.165) is 12.0 Å². The van der Waals surface area contributed by atoms with Gasteiger partial charge in [0.05, 0.1) is 13.5 Å². The van der Waals surface area contributed by atoms with Gasteiger partial charge < -0.3 is 25.2 Å². The summed E-state index contributed by atoms with van der Waals surface area (Å²) in [6.07, 6.45) is -0.757. The summed E-state index contributed by atoms with van der Waals surface area (Å²) in [5.74, 6) is -3.52. The molecule has 1 unspecified atom stereocenters. The second-order valence-electron chi connectivity index (χ2n) is 3.37. The molecule has 0 aromatic heterocycles. The summed E-state index contributed by atoms with van der Waals surface area (Å²) < 4.78 is 4.32. The van der Waals surface area contributed by atoms with Gasteiger partial charge in [0, 0.05) is 7.05 Å². The van der Waals surface area contributed by atoms with Gasteiger partial charge in [-0.1, -0.05) is 0 Å². The van der Waals surface area contributed by atoms with Crippen LogP contribution in [0.3, 0.4) is 0 Å². The lowest BCUT2D eigenvalue weighted by Crippen LogP contribution is -2.48. The highest BCUT2D eigenvalue weighted by Crippen LogP contribution is 1.95. The third kappa shape index (κ3) is 5.68. The molecule has 9 nitrogen and oxygen atoms in total. The first-order valence-electron chi connectivity index (χ1n) is 4.81. The Labute approximate surface area is 102 Å². The molecule has 102 valence electrons. The number of esters is 1. The topological polar surface area (TPSA) is 133 Å². The number of aliphatic carboxylic acids is 2. The van der Waals surface area contributed by atoms with Crippen molar-refractivity contribution >= 4 is 23.9 Å². The second-order valence-corrected chi connectivity index (χ2v) is 3.37. The molecule has 0 radical (unpaired) electrons. The zero-order chi connectivity index (χ0) is 14.3. The van der Waals surface area contributed by atoms with Crippen molar-refractivity contribution in [1.82, 2.24) is 10.2 Å². The van der Waals surface area contributed by atoms with Gasteiger partial charge in [-0.05, 0) is 0 Å². The number of ether oxygens (including phenoxy) is 1. The van der Waals surface area contributed by atoms with E-state index < -0.39 is 36.4 Å². The van der Waals surface area contributed by atoms with Crippen LogP contribution >= 0.6 is 0 Å². The van der Waals surface area contributed by atoms with Crippen LogP contribution in [0.25, 0.3) is 0 Å². The summed E-state index contributed by atoms with van der Waals surface area (Å²) >= 11 is 0. The minimum atomic E-state index is -1.56. The fourth-order valence-corrected chi connectivity index (χ4v) is 0.964. The molecule has 0 aliphatic carbocycles. The van der Waals surface area contributed by atoms with E-state index in [0.29, 0.717) is 0 Å². The van der Waals surface area contributed by atoms with Crippen molar-refractivity contribution in [3.63, 3.8) is 0 Å². The number of carboxylic acid groups (broad SMARTS) is 2. The van der Waals surface area contributed by atoms with Crippen molar-refractivity contribution in [2.45, 2.75) is 12.5 Å². The third-order valence-electron chi connectivity index (χ3n) is 1.92. The van der Waals surface area contributed by atoms with Crippen molar-refractivity contribution < 1.29 is 34.1 Å². The van der Waals surface area contributed by atoms with E-state index in [9.17, 15) is 19.2 Å². The number of carboxylic acids is 2. The number of carbonyl (C=O) groups excluding carboxylic acids is 2. The third-order valence-corrected chi connectivity index (χ3v) is 1.92. The lowest BCUT2D eigenvalue weighted by molar-refractivity contribution is -0.145. The number of rotatable bonds is 6. The minimum Gasteiger partial charge on any atom is -0.481 e. The summed E-state index contributed by atoms with van der Waals surface area (Å²) in [7, 11) is 2.38. The first-order chi connectivity index (χ1) is 8.27. The number of likely N-dealkylation sites (N-methyl/N-ethyl adjacent to an activating group) is 1. The van der Waals surface area contributed by atoms with Gasteiger partial charge in [0.2, 0.25) is 0 Å². The standard InChI is InChI=1S/C9H14N2O7/c1-11(4-7(14)18-2)9(17)10-5(8(15)16)3-6(12)13/h5H,3-4H2,1-2H3,(H,10,17)(H,12,13)(H,15,16). The zero-order valence-electron chi connectivity index (χ0n) is 9.87. The molecule has 3 N–H and O–H groups in total. The molecule has 2 amide bonds. The molecule has 0 rings (SSSR count). The monoisotopic (exact) mass is 262 g/mol. The van der Waals surface area contributed by atoms with Crippen LogP contribution in [0.4, 0.5) is 4.79 Å². The van der Waals surface area contributed by atoms with Crippen LogP contribution in [-0.4, -0.2) is 65.8 Å². The van der Waals surface area contributed by atoms with E-state index in [1.54, 1.807) is 0 Å². The molecule has 0 bridgehead atoms. The highest BCUT2D eigenvalue weighted by atomic mass is 16.5. The Morgan fingerprint density at radius 2 is 1.83 bits per heavy atom. The van der Waals surface area contributed by atoms with Crippen LogP contribution < -0.4 is 5.32 Å². The lowest BCUT2D eigenvalue weighted by Gasteiger charge is -2.19. The van der Waals surface area contributed by atoms with Gasteiger partial charge >= 0.3 is 23.9 Å². The quantitative estimate of drug-likeness (QED) is 0.508. The van der Waals surface area contributed by atoms with Gasteiger partial charge in [-0.15, -0.1) is 0 Å². The fraction of sp³-hybridized carbons (Fsp3) is 0.556. The molecular formula is C9H14N2O7. The SMILES string of the molecule is COC(=O)CN(C)C(=O)NC(CC(=O)O)C(=O)O. The van der Waals surface area contributed by atoms with Gasteiger partial charge in [-0.2, -0.15) is 0 Å².